The van der Waals surface area contributed by atoms with E-state index in [1.807, 2.05) is 0 Å². The van der Waals surface area contributed by atoms with Crippen LogP contribution < -0.4 is 5.32 Å². The summed E-state index contributed by atoms with van der Waals surface area (Å²) in [6, 6.07) is 2.03. The third-order valence-corrected chi connectivity index (χ3v) is 3.23. The lowest BCUT2D eigenvalue weighted by atomic mass is 9.90. The third kappa shape index (κ3) is 2.51. The molecule has 0 bridgehead atoms. The summed E-state index contributed by atoms with van der Waals surface area (Å²) in [7, 11) is 1.17. The maximum Gasteiger partial charge on any atom is 0.340 e. The van der Waals surface area contributed by atoms with Crippen LogP contribution >= 0.6 is 0 Å². The lowest BCUT2D eigenvalue weighted by Crippen LogP contribution is -2.29. The number of hydrogen-bond acceptors (Lipinski definition) is 3. The third-order valence-electron chi connectivity index (χ3n) is 3.23. The first-order chi connectivity index (χ1) is 8.63. The van der Waals surface area contributed by atoms with Crippen LogP contribution in [0.4, 0.5) is 8.78 Å². The number of hydrogen-bond donors (Lipinski definition) is 1. The van der Waals surface area contributed by atoms with Crippen LogP contribution in [0.15, 0.2) is 12.1 Å². The number of esters is 1. The molecule has 0 saturated carbocycles. The number of nitrogens with one attached hydrogen (secondary N) is 1. The van der Waals surface area contributed by atoms with Gasteiger partial charge in [0.05, 0.1) is 12.7 Å². The summed E-state index contributed by atoms with van der Waals surface area (Å²) in [6.45, 7) is 1.55. The molecule has 2 rings (SSSR count). The molecule has 0 amide bonds. The number of carbonyl (C=O) groups excluding carboxylic acids is 1. The summed E-state index contributed by atoms with van der Waals surface area (Å²) in [5.41, 5.74) is 0.170. The van der Waals surface area contributed by atoms with Gasteiger partial charge in [-0.1, -0.05) is 0 Å². The van der Waals surface area contributed by atoms with Gasteiger partial charge in [0.15, 0.2) is 0 Å². The topological polar surface area (TPSA) is 38.3 Å². The van der Waals surface area contributed by atoms with E-state index in [4.69, 9.17) is 0 Å². The second-order valence-electron chi connectivity index (χ2n) is 4.39. The molecule has 0 spiro atoms. The molecule has 1 atom stereocenters. The summed E-state index contributed by atoms with van der Waals surface area (Å²) >= 11 is 0. The van der Waals surface area contributed by atoms with Gasteiger partial charge in [-0.2, -0.15) is 0 Å². The minimum atomic E-state index is -0.883. The lowest BCUT2D eigenvalue weighted by molar-refractivity contribution is 0.0595. The zero-order chi connectivity index (χ0) is 13.1. The van der Waals surface area contributed by atoms with Crippen molar-refractivity contribution in [3.05, 3.63) is 34.9 Å². The average Bonchev–Trinajstić information content (AvgIpc) is 2.39. The van der Waals surface area contributed by atoms with Gasteiger partial charge in [-0.25, -0.2) is 13.6 Å². The molecule has 1 unspecified atom stereocenters. The first-order valence-corrected chi connectivity index (χ1v) is 5.91. The second-order valence-corrected chi connectivity index (χ2v) is 4.39. The monoisotopic (exact) mass is 255 g/mol. The smallest absolute Gasteiger partial charge is 0.340 e. The summed E-state index contributed by atoms with van der Waals surface area (Å²) in [4.78, 5) is 11.4. The molecule has 3 nitrogen and oxygen atoms in total. The highest BCUT2D eigenvalue weighted by Crippen LogP contribution is 2.27. The Morgan fingerprint density at radius 1 is 1.39 bits per heavy atom. The number of rotatable bonds is 2. The maximum absolute atomic E-state index is 13.8. The van der Waals surface area contributed by atoms with Crippen molar-refractivity contribution < 1.29 is 18.3 Å². The summed E-state index contributed by atoms with van der Waals surface area (Å²) in [5.74, 6) is -2.29. The number of halogens is 2. The Kier molecular flexibility index (Phi) is 3.91. The molecular formula is C13H15F2NO2. The molecule has 0 aliphatic carbocycles. The first-order valence-electron chi connectivity index (χ1n) is 5.91. The lowest BCUT2D eigenvalue weighted by Gasteiger charge is -2.23. The van der Waals surface area contributed by atoms with Crippen molar-refractivity contribution >= 4 is 5.97 Å². The van der Waals surface area contributed by atoms with E-state index in [0.717, 1.165) is 25.5 Å². The van der Waals surface area contributed by atoms with E-state index in [-0.39, 0.29) is 11.5 Å². The normalized spacial score (nSPS) is 19.6. The number of carbonyl (C=O) groups is 1. The van der Waals surface area contributed by atoms with Crippen LogP contribution in [0.5, 0.6) is 0 Å². The van der Waals surface area contributed by atoms with E-state index in [1.165, 1.54) is 13.2 Å². The van der Waals surface area contributed by atoms with E-state index in [0.29, 0.717) is 12.1 Å². The van der Waals surface area contributed by atoms with Crippen molar-refractivity contribution in [2.45, 2.75) is 18.8 Å². The predicted molar refractivity (Wildman–Crippen MR) is 62.5 cm³/mol. The van der Waals surface area contributed by atoms with Crippen LogP contribution in [0, 0.1) is 11.6 Å². The zero-order valence-corrected chi connectivity index (χ0v) is 10.1. The Hall–Kier alpha value is -1.49. The van der Waals surface area contributed by atoms with Crippen molar-refractivity contribution in [3.63, 3.8) is 0 Å². The summed E-state index contributed by atoms with van der Waals surface area (Å²) in [5, 5.41) is 3.16. The number of benzene rings is 1. The second kappa shape index (κ2) is 5.44. The van der Waals surface area contributed by atoms with E-state index in [1.54, 1.807) is 0 Å². The molecule has 1 N–H and O–H groups in total. The summed E-state index contributed by atoms with van der Waals surface area (Å²) < 4.78 is 31.7. The number of ether oxygens (including phenoxy) is 1. The highest BCUT2D eigenvalue weighted by Gasteiger charge is 2.23. The fourth-order valence-corrected chi connectivity index (χ4v) is 2.26. The van der Waals surface area contributed by atoms with E-state index < -0.39 is 17.6 Å². The Bertz CT molecular complexity index is 457. The zero-order valence-electron chi connectivity index (χ0n) is 10.1. The molecule has 18 heavy (non-hydrogen) atoms. The predicted octanol–water partition coefficient (Wildman–Crippen LogP) is 2.22. The van der Waals surface area contributed by atoms with Crippen molar-refractivity contribution in [3.8, 4) is 0 Å². The molecule has 0 aromatic heterocycles. The van der Waals surface area contributed by atoms with Crippen LogP contribution in [0.2, 0.25) is 0 Å². The fraction of sp³-hybridized carbons (Fsp3) is 0.462. The Balaban J connectivity index is 2.37. The van der Waals surface area contributed by atoms with Gasteiger partial charge in [-0.05, 0) is 36.9 Å². The van der Waals surface area contributed by atoms with Gasteiger partial charge in [0.2, 0.25) is 0 Å². The molecule has 1 aromatic rings. The van der Waals surface area contributed by atoms with E-state index in [2.05, 4.69) is 10.1 Å². The van der Waals surface area contributed by atoms with Gasteiger partial charge in [-0.15, -0.1) is 0 Å². The molecular weight excluding hydrogens is 240 g/mol. The molecule has 1 aliphatic heterocycles. The Morgan fingerprint density at radius 3 is 2.78 bits per heavy atom. The van der Waals surface area contributed by atoms with E-state index in [9.17, 15) is 13.6 Å². The average molecular weight is 255 g/mol. The maximum atomic E-state index is 13.8. The van der Waals surface area contributed by atoms with Gasteiger partial charge in [0, 0.05) is 12.6 Å². The van der Waals surface area contributed by atoms with Crippen LogP contribution in [-0.4, -0.2) is 26.2 Å². The van der Waals surface area contributed by atoms with Crippen molar-refractivity contribution in [1.82, 2.24) is 5.32 Å². The van der Waals surface area contributed by atoms with Crippen molar-refractivity contribution in [2.24, 2.45) is 0 Å². The first kappa shape index (κ1) is 13.0. The number of piperidine rings is 1. The molecule has 1 saturated heterocycles. The largest absolute Gasteiger partial charge is 0.465 e. The Morgan fingerprint density at radius 2 is 2.17 bits per heavy atom. The van der Waals surface area contributed by atoms with Crippen LogP contribution in [0.1, 0.15) is 34.7 Å². The van der Waals surface area contributed by atoms with Gasteiger partial charge in [-0.3, -0.25) is 0 Å². The van der Waals surface area contributed by atoms with Gasteiger partial charge in [0.25, 0.3) is 0 Å². The molecule has 5 heteroatoms. The van der Waals surface area contributed by atoms with Gasteiger partial charge in [0.1, 0.15) is 11.6 Å². The van der Waals surface area contributed by atoms with Crippen molar-refractivity contribution in [1.29, 1.82) is 0 Å². The molecule has 1 fully saturated rings. The van der Waals surface area contributed by atoms with Gasteiger partial charge >= 0.3 is 5.97 Å². The standard InChI is InChI=1S/C13H15F2NO2/c1-18-13(17)10-5-9(11(14)6-12(10)15)8-3-2-4-16-7-8/h5-6,8,16H,2-4,7H2,1H3. The van der Waals surface area contributed by atoms with Crippen molar-refractivity contribution in [2.75, 3.05) is 20.2 Å². The van der Waals surface area contributed by atoms with Gasteiger partial charge < -0.3 is 10.1 Å². The highest BCUT2D eigenvalue weighted by atomic mass is 19.1. The minimum Gasteiger partial charge on any atom is -0.465 e. The van der Waals surface area contributed by atoms with Crippen LogP contribution in [0.3, 0.4) is 0 Å². The quantitative estimate of drug-likeness (QED) is 0.823. The number of methoxy groups -OCH3 is 1. The summed E-state index contributed by atoms with van der Waals surface area (Å²) in [6.07, 6.45) is 1.77. The molecule has 0 radical (unpaired) electrons. The van der Waals surface area contributed by atoms with Crippen LogP contribution in [0.25, 0.3) is 0 Å². The molecule has 1 aliphatic rings. The molecule has 1 heterocycles. The SMILES string of the molecule is COC(=O)c1cc(C2CCCNC2)c(F)cc1F. The molecule has 1 aromatic carbocycles. The highest BCUT2D eigenvalue weighted by molar-refractivity contribution is 5.89. The van der Waals surface area contributed by atoms with Crippen LogP contribution in [-0.2, 0) is 4.74 Å². The minimum absolute atomic E-state index is 0.0252. The molecule has 98 valence electrons. The van der Waals surface area contributed by atoms with E-state index >= 15 is 0 Å². The fourth-order valence-electron chi connectivity index (χ4n) is 2.26. The Labute approximate surface area is 104 Å².